The minimum absolute atomic E-state index is 0.0231. The maximum absolute atomic E-state index is 13.0. The van der Waals surface area contributed by atoms with E-state index < -0.39 is 33.9 Å². The normalized spacial score (nSPS) is 13.2. The van der Waals surface area contributed by atoms with Crippen molar-refractivity contribution in [1.29, 1.82) is 0 Å². The van der Waals surface area contributed by atoms with Gasteiger partial charge in [0.15, 0.2) is 15.9 Å². The number of hydrogen-bond donors (Lipinski definition) is 2. The number of benzene rings is 1. The Morgan fingerprint density at radius 2 is 1.58 bits per heavy atom. The number of sulfone groups is 1. The molecule has 1 aromatic carbocycles. The van der Waals surface area contributed by atoms with Crippen LogP contribution >= 0.6 is 0 Å². The van der Waals surface area contributed by atoms with E-state index >= 15 is 0 Å². The summed E-state index contributed by atoms with van der Waals surface area (Å²) in [5, 5.41) is 5.38. The molecule has 3 rings (SSSR count). The van der Waals surface area contributed by atoms with Gasteiger partial charge in [0.2, 0.25) is 0 Å². The fourth-order valence-corrected chi connectivity index (χ4v) is 3.63. The monoisotopic (exact) mass is 535 g/mol. The number of rotatable bonds is 8. The van der Waals surface area contributed by atoms with Crippen molar-refractivity contribution in [2.45, 2.75) is 37.2 Å². The van der Waals surface area contributed by atoms with E-state index in [0.29, 0.717) is 6.20 Å². The van der Waals surface area contributed by atoms with Crippen LogP contribution in [0.1, 0.15) is 19.4 Å². The summed E-state index contributed by atoms with van der Waals surface area (Å²) in [6, 6.07) is 6.54. The SMILES string of the molecule is CCS(=O)(=O)c1ccc(OC(C)C(F)(F)F)c(Nc2cc(Nc3ccc(C(F)(F)F)cn3)ncn2)c1. The highest BCUT2D eigenvalue weighted by Crippen LogP contribution is 2.34. The van der Waals surface area contributed by atoms with Gasteiger partial charge < -0.3 is 15.4 Å². The first kappa shape index (κ1) is 27.0. The zero-order chi connectivity index (χ0) is 26.7. The number of halogens is 6. The highest BCUT2D eigenvalue weighted by molar-refractivity contribution is 7.91. The molecule has 0 spiro atoms. The third-order valence-corrected chi connectivity index (χ3v) is 6.46. The third kappa shape index (κ3) is 6.74. The van der Waals surface area contributed by atoms with E-state index in [4.69, 9.17) is 4.74 Å². The van der Waals surface area contributed by atoms with Crippen molar-refractivity contribution in [2.75, 3.05) is 16.4 Å². The first-order valence-corrected chi connectivity index (χ1v) is 11.8. The van der Waals surface area contributed by atoms with E-state index in [-0.39, 0.29) is 39.5 Å². The Balaban J connectivity index is 1.90. The lowest BCUT2D eigenvalue weighted by molar-refractivity contribution is -0.189. The Morgan fingerprint density at radius 1 is 0.917 bits per heavy atom. The lowest BCUT2D eigenvalue weighted by Gasteiger charge is -2.20. The highest BCUT2D eigenvalue weighted by Gasteiger charge is 2.38. The summed E-state index contributed by atoms with van der Waals surface area (Å²) < 4.78 is 107. The number of aromatic nitrogens is 3. The molecule has 0 amide bonds. The third-order valence-electron chi connectivity index (χ3n) is 4.73. The van der Waals surface area contributed by atoms with Crippen LogP contribution in [-0.2, 0) is 16.0 Å². The molecular weight excluding hydrogens is 516 g/mol. The van der Waals surface area contributed by atoms with Gasteiger partial charge in [-0.15, -0.1) is 0 Å². The number of pyridine rings is 1. The number of ether oxygens (including phenoxy) is 1. The summed E-state index contributed by atoms with van der Waals surface area (Å²) in [7, 11) is -3.70. The predicted molar refractivity (Wildman–Crippen MR) is 118 cm³/mol. The molecule has 0 aliphatic carbocycles. The van der Waals surface area contributed by atoms with E-state index in [0.717, 1.165) is 43.6 Å². The summed E-state index contributed by atoms with van der Waals surface area (Å²) in [6.45, 7) is 2.21. The van der Waals surface area contributed by atoms with Crippen LogP contribution in [0.25, 0.3) is 0 Å². The summed E-state index contributed by atoms with van der Waals surface area (Å²) in [4.78, 5) is 11.4. The quantitative estimate of drug-likeness (QED) is 0.364. The Hall–Kier alpha value is -3.62. The van der Waals surface area contributed by atoms with Gasteiger partial charge in [0.25, 0.3) is 0 Å². The second-order valence-corrected chi connectivity index (χ2v) is 9.61. The Morgan fingerprint density at radius 3 is 2.14 bits per heavy atom. The Bertz CT molecular complexity index is 1310. The van der Waals surface area contributed by atoms with Gasteiger partial charge in [-0.25, -0.2) is 23.4 Å². The predicted octanol–water partition coefficient (Wildman–Crippen LogP) is 5.50. The number of nitrogens with zero attached hydrogens (tertiary/aromatic N) is 3. The minimum atomic E-state index is -4.67. The molecular formula is C21H19F6N5O3S. The van der Waals surface area contributed by atoms with Gasteiger partial charge in [0.05, 0.1) is 21.9 Å². The van der Waals surface area contributed by atoms with E-state index in [9.17, 15) is 34.8 Å². The summed E-state index contributed by atoms with van der Waals surface area (Å²) in [6.07, 6.45) is -9.72. The molecule has 0 radical (unpaired) electrons. The largest absolute Gasteiger partial charge is 0.479 e. The Kier molecular flexibility index (Phi) is 7.62. The molecule has 194 valence electrons. The summed E-state index contributed by atoms with van der Waals surface area (Å²) >= 11 is 0. The zero-order valence-corrected chi connectivity index (χ0v) is 19.5. The molecule has 2 N–H and O–H groups in total. The van der Waals surface area contributed by atoms with E-state index in [1.165, 1.54) is 13.0 Å². The van der Waals surface area contributed by atoms with Crippen molar-refractivity contribution in [3.05, 3.63) is 54.5 Å². The maximum atomic E-state index is 13.0. The lowest BCUT2D eigenvalue weighted by Crippen LogP contribution is -2.31. The average molecular weight is 535 g/mol. The van der Waals surface area contributed by atoms with E-state index in [1.54, 1.807) is 0 Å². The van der Waals surface area contributed by atoms with Crippen LogP contribution in [0.2, 0.25) is 0 Å². The van der Waals surface area contributed by atoms with Crippen LogP contribution in [0.5, 0.6) is 5.75 Å². The molecule has 1 unspecified atom stereocenters. The van der Waals surface area contributed by atoms with Gasteiger partial charge in [-0.1, -0.05) is 6.92 Å². The number of alkyl halides is 6. The molecule has 2 heterocycles. The molecule has 36 heavy (non-hydrogen) atoms. The van der Waals surface area contributed by atoms with Gasteiger partial charge in [-0.3, -0.25) is 0 Å². The molecule has 0 aliphatic heterocycles. The first-order chi connectivity index (χ1) is 16.7. The standard InChI is InChI=1S/C21H19F6N5O3S/c1-3-36(33,34)14-5-6-16(35-12(2)20(22,23)24)15(8-14)31-18-9-19(30-11-29-18)32-17-7-4-13(10-28-17)21(25,26)27/h4-12H,3H2,1-2H3,(H2,28,29,30,31,32). The second-order valence-electron chi connectivity index (χ2n) is 7.33. The van der Waals surface area contributed by atoms with Crippen molar-refractivity contribution in [3.63, 3.8) is 0 Å². The molecule has 0 saturated heterocycles. The minimum Gasteiger partial charge on any atom is -0.479 e. The molecule has 3 aromatic rings. The molecule has 2 aromatic heterocycles. The van der Waals surface area contributed by atoms with Gasteiger partial charge in [0.1, 0.15) is 29.5 Å². The van der Waals surface area contributed by atoms with Gasteiger partial charge in [-0.05, 0) is 37.3 Å². The van der Waals surface area contributed by atoms with Crippen LogP contribution in [0.3, 0.4) is 0 Å². The van der Waals surface area contributed by atoms with Crippen LogP contribution in [-0.4, -0.2) is 41.4 Å². The maximum Gasteiger partial charge on any atom is 0.425 e. The first-order valence-electron chi connectivity index (χ1n) is 10.2. The molecule has 8 nitrogen and oxygen atoms in total. The fourth-order valence-electron chi connectivity index (χ4n) is 2.73. The lowest BCUT2D eigenvalue weighted by atomic mass is 10.2. The number of nitrogens with one attached hydrogen (secondary N) is 2. The Labute approximate surface area is 201 Å². The van der Waals surface area contributed by atoms with Crippen LogP contribution in [0.15, 0.2) is 53.8 Å². The number of anilines is 4. The van der Waals surface area contributed by atoms with Crippen molar-refractivity contribution in [3.8, 4) is 5.75 Å². The van der Waals surface area contributed by atoms with Gasteiger partial charge in [0, 0.05) is 12.3 Å². The van der Waals surface area contributed by atoms with Crippen LogP contribution in [0, 0.1) is 0 Å². The van der Waals surface area contributed by atoms with Crippen LogP contribution in [0.4, 0.5) is 49.5 Å². The molecule has 0 aliphatic rings. The molecule has 1 atom stereocenters. The topological polar surface area (TPSA) is 106 Å². The van der Waals surface area contributed by atoms with Crippen molar-refractivity contribution >= 4 is 33.0 Å². The smallest absolute Gasteiger partial charge is 0.425 e. The molecule has 0 saturated carbocycles. The number of hydrogen-bond acceptors (Lipinski definition) is 8. The van der Waals surface area contributed by atoms with E-state index in [2.05, 4.69) is 25.6 Å². The van der Waals surface area contributed by atoms with Crippen molar-refractivity contribution < 1.29 is 39.5 Å². The molecule has 15 heteroatoms. The van der Waals surface area contributed by atoms with Gasteiger partial charge in [-0.2, -0.15) is 26.3 Å². The van der Waals surface area contributed by atoms with Gasteiger partial charge >= 0.3 is 12.4 Å². The average Bonchev–Trinajstić information content (AvgIpc) is 2.79. The zero-order valence-electron chi connectivity index (χ0n) is 18.6. The van der Waals surface area contributed by atoms with Crippen LogP contribution < -0.4 is 15.4 Å². The summed E-state index contributed by atoms with van der Waals surface area (Å²) in [5.74, 6) is -0.384. The van der Waals surface area contributed by atoms with Crippen molar-refractivity contribution in [1.82, 2.24) is 15.0 Å². The molecule has 0 bridgehead atoms. The highest BCUT2D eigenvalue weighted by atomic mass is 32.2. The fraction of sp³-hybridized carbons (Fsp3) is 0.286. The van der Waals surface area contributed by atoms with E-state index in [1.807, 2.05) is 0 Å². The van der Waals surface area contributed by atoms with Crippen molar-refractivity contribution in [2.24, 2.45) is 0 Å². The summed E-state index contributed by atoms with van der Waals surface area (Å²) in [5.41, 5.74) is -1.06. The molecule has 0 fully saturated rings. The second kappa shape index (κ2) is 10.2.